The Kier molecular flexibility index (Phi) is 3.28. The van der Waals surface area contributed by atoms with Gasteiger partial charge in [0.2, 0.25) is 0 Å². The Labute approximate surface area is 83.6 Å². The van der Waals surface area contributed by atoms with Crippen LogP contribution in [-0.2, 0) is 6.18 Å². The van der Waals surface area contributed by atoms with Crippen molar-refractivity contribution >= 4 is 19.3 Å². The van der Waals surface area contributed by atoms with Gasteiger partial charge in [0, 0.05) is 0 Å². The van der Waals surface area contributed by atoms with Gasteiger partial charge in [-0.3, -0.25) is 0 Å². The third kappa shape index (κ3) is 2.56. The molecule has 0 radical (unpaired) electrons. The normalized spacial score (nSPS) is 11.2. The van der Waals surface area contributed by atoms with E-state index in [1.165, 1.54) is 0 Å². The highest BCUT2D eigenvalue weighted by atomic mass is 35.5. The highest BCUT2D eigenvalue weighted by molar-refractivity contribution is 6.32. The summed E-state index contributed by atoms with van der Waals surface area (Å²) in [6, 6.07) is 2.63. The number of hydrogen-bond donors (Lipinski definition) is 1. The van der Waals surface area contributed by atoms with E-state index >= 15 is 0 Å². The lowest BCUT2D eigenvalue weighted by atomic mass is 10.2. The summed E-state index contributed by atoms with van der Waals surface area (Å²) in [4.78, 5) is 0. The molecule has 0 aliphatic rings. The molecule has 0 aliphatic carbocycles. The van der Waals surface area contributed by atoms with Crippen LogP contribution < -0.4 is 4.65 Å². The third-order valence-electron chi connectivity index (χ3n) is 1.48. The van der Waals surface area contributed by atoms with E-state index in [4.69, 9.17) is 16.6 Å². The van der Waals surface area contributed by atoms with Crippen LogP contribution in [0.5, 0.6) is 5.75 Å². The lowest BCUT2D eigenvalue weighted by Crippen LogP contribution is -2.06. The van der Waals surface area contributed by atoms with Crippen molar-refractivity contribution in [2.24, 2.45) is 0 Å². The summed E-state index contributed by atoms with van der Waals surface area (Å²) in [6.07, 6.45) is -4.43. The Morgan fingerprint density at radius 2 is 2.00 bits per heavy atom. The summed E-state index contributed by atoms with van der Waals surface area (Å²) < 4.78 is 41.0. The van der Waals surface area contributed by atoms with Gasteiger partial charge in [-0.25, -0.2) is 0 Å². The summed E-state index contributed by atoms with van der Waals surface area (Å²) in [6.45, 7) is 0. The van der Waals surface area contributed by atoms with Gasteiger partial charge in [-0.1, -0.05) is 11.6 Å². The third-order valence-corrected chi connectivity index (χ3v) is 1.77. The number of benzene rings is 1. The van der Waals surface area contributed by atoms with Crippen molar-refractivity contribution in [3.8, 4) is 5.75 Å². The van der Waals surface area contributed by atoms with Crippen molar-refractivity contribution < 1.29 is 22.8 Å². The van der Waals surface area contributed by atoms with Crippen LogP contribution in [0.1, 0.15) is 5.56 Å². The average molecular weight is 224 g/mol. The summed E-state index contributed by atoms with van der Waals surface area (Å²) in [7, 11) is -0.634. The molecular weight excluding hydrogens is 219 g/mol. The van der Waals surface area contributed by atoms with Crippen molar-refractivity contribution in [1.29, 1.82) is 0 Å². The second-order valence-electron chi connectivity index (χ2n) is 2.42. The molecule has 1 rings (SSSR count). The summed E-state index contributed by atoms with van der Waals surface area (Å²) in [5.74, 6) is 0.0159. The monoisotopic (exact) mass is 224 g/mol. The molecule has 14 heavy (non-hydrogen) atoms. The molecule has 1 aromatic rings. The van der Waals surface area contributed by atoms with Gasteiger partial charge in [-0.15, -0.1) is 0 Å². The van der Waals surface area contributed by atoms with Crippen LogP contribution in [0, 0.1) is 0 Å². The standard InChI is InChI=1S/C7H5BClF3O2/c9-5-3-4(7(10,11)12)1-2-6(5)14-8-13/h1-3,8,13H. The molecule has 0 aromatic heterocycles. The van der Waals surface area contributed by atoms with Crippen LogP contribution in [0.25, 0.3) is 0 Å². The van der Waals surface area contributed by atoms with Gasteiger partial charge in [0.05, 0.1) is 10.6 Å². The average Bonchev–Trinajstić information content (AvgIpc) is 2.07. The van der Waals surface area contributed by atoms with E-state index in [1.54, 1.807) is 0 Å². The molecule has 0 bridgehead atoms. The molecule has 1 aromatic carbocycles. The first-order valence-electron chi connectivity index (χ1n) is 3.55. The molecule has 0 saturated heterocycles. The van der Waals surface area contributed by atoms with Gasteiger partial charge in [0.25, 0.3) is 0 Å². The number of halogens is 4. The minimum Gasteiger partial charge on any atom is -0.538 e. The zero-order chi connectivity index (χ0) is 10.8. The molecule has 1 N–H and O–H groups in total. The highest BCUT2D eigenvalue weighted by Gasteiger charge is 2.30. The quantitative estimate of drug-likeness (QED) is 0.779. The van der Waals surface area contributed by atoms with Crippen molar-refractivity contribution in [3.63, 3.8) is 0 Å². The van der Waals surface area contributed by atoms with Gasteiger partial charge >= 0.3 is 13.9 Å². The van der Waals surface area contributed by atoms with Crippen LogP contribution in [0.2, 0.25) is 5.02 Å². The molecule has 0 spiro atoms. The Bertz CT molecular complexity index is 329. The van der Waals surface area contributed by atoms with E-state index in [9.17, 15) is 13.2 Å². The largest absolute Gasteiger partial charge is 0.538 e. The molecule has 0 aliphatic heterocycles. The zero-order valence-corrected chi connectivity index (χ0v) is 7.56. The van der Waals surface area contributed by atoms with E-state index in [0.29, 0.717) is 0 Å². The van der Waals surface area contributed by atoms with Crippen LogP contribution in [-0.4, -0.2) is 12.7 Å². The summed E-state index contributed by atoms with van der Waals surface area (Å²) >= 11 is 5.48. The van der Waals surface area contributed by atoms with Crippen LogP contribution in [0.4, 0.5) is 13.2 Å². The van der Waals surface area contributed by atoms with Crippen molar-refractivity contribution in [3.05, 3.63) is 28.8 Å². The molecule has 0 unspecified atom stereocenters. The topological polar surface area (TPSA) is 29.5 Å². The number of rotatable bonds is 2. The highest BCUT2D eigenvalue weighted by Crippen LogP contribution is 2.34. The Morgan fingerprint density at radius 3 is 2.43 bits per heavy atom. The second-order valence-corrected chi connectivity index (χ2v) is 2.82. The molecule has 0 heterocycles. The lowest BCUT2D eigenvalue weighted by Gasteiger charge is -2.09. The van der Waals surface area contributed by atoms with E-state index in [-0.39, 0.29) is 10.8 Å². The van der Waals surface area contributed by atoms with Crippen molar-refractivity contribution in [2.75, 3.05) is 0 Å². The second kappa shape index (κ2) is 4.10. The molecule has 76 valence electrons. The zero-order valence-electron chi connectivity index (χ0n) is 6.81. The Hall–Kier alpha value is -0.875. The van der Waals surface area contributed by atoms with Crippen molar-refractivity contribution in [2.45, 2.75) is 6.18 Å². The maximum absolute atomic E-state index is 12.1. The maximum Gasteiger partial charge on any atom is 0.504 e. The van der Waals surface area contributed by atoms with Crippen LogP contribution in [0.3, 0.4) is 0 Å². The Balaban J connectivity index is 3.01. The van der Waals surface area contributed by atoms with E-state index in [1.807, 2.05) is 0 Å². The van der Waals surface area contributed by atoms with E-state index in [0.717, 1.165) is 18.2 Å². The molecule has 0 amide bonds. The molecular formula is C7H5BClF3O2. The first-order chi connectivity index (χ1) is 6.45. The minimum atomic E-state index is -4.43. The van der Waals surface area contributed by atoms with Crippen LogP contribution >= 0.6 is 11.6 Å². The molecule has 7 heteroatoms. The van der Waals surface area contributed by atoms with Gasteiger partial charge in [-0.05, 0) is 18.2 Å². The SMILES string of the molecule is OBOc1ccc(C(F)(F)F)cc1Cl. The fraction of sp³-hybridized carbons (Fsp3) is 0.143. The maximum atomic E-state index is 12.1. The molecule has 0 atom stereocenters. The fourth-order valence-electron chi connectivity index (χ4n) is 0.864. The minimum absolute atomic E-state index is 0.0159. The van der Waals surface area contributed by atoms with Gasteiger partial charge in [0.15, 0.2) is 0 Å². The van der Waals surface area contributed by atoms with Crippen molar-refractivity contribution in [1.82, 2.24) is 0 Å². The molecule has 0 saturated carbocycles. The fourth-order valence-corrected chi connectivity index (χ4v) is 1.10. The van der Waals surface area contributed by atoms with E-state index in [2.05, 4.69) is 4.65 Å². The summed E-state index contributed by atoms with van der Waals surface area (Å²) in [5.41, 5.74) is -0.854. The Morgan fingerprint density at radius 1 is 1.36 bits per heavy atom. The lowest BCUT2D eigenvalue weighted by molar-refractivity contribution is -0.137. The predicted molar refractivity (Wildman–Crippen MR) is 46.4 cm³/mol. The first-order valence-corrected chi connectivity index (χ1v) is 3.93. The summed E-state index contributed by atoms with van der Waals surface area (Å²) in [5, 5.41) is 8.18. The van der Waals surface area contributed by atoms with Gasteiger partial charge in [0.1, 0.15) is 5.75 Å². The smallest absolute Gasteiger partial charge is 0.504 e. The van der Waals surface area contributed by atoms with Gasteiger partial charge < -0.3 is 9.68 Å². The predicted octanol–water partition coefficient (Wildman–Crippen LogP) is 2.00. The molecule has 2 nitrogen and oxygen atoms in total. The van der Waals surface area contributed by atoms with Crippen LogP contribution in [0.15, 0.2) is 18.2 Å². The van der Waals surface area contributed by atoms with E-state index < -0.39 is 19.4 Å². The number of alkyl halides is 3. The first kappa shape index (κ1) is 11.2. The van der Waals surface area contributed by atoms with Gasteiger partial charge in [-0.2, -0.15) is 13.2 Å². The molecule has 0 fully saturated rings. The number of hydrogen-bond acceptors (Lipinski definition) is 2.